The highest BCUT2D eigenvalue weighted by Gasteiger charge is 2.11. The molecule has 0 aliphatic heterocycles. The van der Waals surface area contributed by atoms with E-state index in [4.69, 9.17) is 9.47 Å². The second-order valence-corrected chi connectivity index (χ2v) is 7.48. The maximum Gasteiger partial charge on any atom is 0.513 e. The van der Waals surface area contributed by atoms with Gasteiger partial charge >= 0.3 is 6.16 Å². The number of aromatic nitrogens is 2. The van der Waals surface area contributed by atoms with E-state index in [0.717, 1.165) is 21.8 Å². The third-order valence-corrected chi connectivity index (χ3v) is 5.30. The molecule has 160 valence electrons. The summed E-state index contributed by atoms with van der Waals surface area (Å²) in [7, 11) is 0. The Labute approximate surface area is 188 Å². The summed E-state index contributed by atoms with van der Waals surface area (Å²) in [5.74, 6) is 0.0223. The highest BCUT2D eigenvalue weighted by atomic mass is 32.1. The number of benzene rings is 2. The number of nitrogens with one attached hydrogen (secondary N) is 1. The number of rotatable bonds is 6. The largest absolute Gasteiger partial charge is 0.513 e. The summed E-state index contributed by atoms with van der Waals surface area (Å²) in [6.07, 6.45) is 2.73. The molecular formula is C24H19N3O4S. The number of hydrogen-bond donors (Lipinski definition) is 1. The van der Waals surface area contributed by atoms with Crippen LogP contribution in [0.25, 0.3) is 21.8 Å². The smallest absolute Gasteiger partial charge is 0.434 e. The Balaban J connectivity index is 1.44. The van der Waals surface area contributed by atoms with Gasteiger partial charge in [0.25, 0.3) is 5.91 Å². The van der Waals surface area contributed by atoms with E-state index in [1.165, 1.54) is 23.5 Å². The summed E-state index contributed by atoms with van der Waals surface area (Å²) in [5, 5.41) is 5.74. The van der Waals surface area contributed by atoms with Crippen molar-refractivity contribution in [2.24, 2.45) is 0 Å². The Kier molecular flexibility index (Phi) is 6.52. The first-order valence-electron chi connectivity index (χ1n) is 9.85. The predicted octanol–water partition coefficient (Wildman–Crippen LogP) is 5.66. The quantitative estimate of drug-likeness (QED) is 0.304. The zero-order valence-electron chi connectivity index (χ0n) is 17.1. The van der Waals surface area contributed by atoms with Gasteiger partial charge in [-0.3, -0.25) is 9.78 Å². The Morgan fingerprint density at radius 1 is 1.03 bits per heavy atom. The summed E-state index contributed by atoms with van der Waals surface area (Å²) >= 11 is 1.54. The molecule has 2 aromatic carbocycles. The highest BCUT2D eigenvalue weighted by molar-refractivity contribution is 7.13. The van der Waals surface area contributed by atoms with Crippen molar-refractivity contribution in [1.29, 1.82) is 0 Å². The van der Waals surface area contributed by atoms with E-state index in [9.17, 15) is 9.59 Å². The van der Waals surface area contributed by atoms with Crippen molar-refractivity contribution in [2.45, 2.75) is 6.92 Å². The van der Waals surface area contributed by atoms with Crippen molar-refractivity contribution in [3.05, 3.63) is 84.0 Å². The minimum absolute atomic E-state index is 0.226. The van der Waals surface area contributed by atoms with Crippen molar-refractivity contribution in [3.8, 4) is 27.6 Å². The van der Waals surface area contributed by atoms with Crippen LogP contribution < -0.4 is 10.1 Å². The van der Waals surface area contributed by atoms with Crippen LogP contribution in [0.15, 0.2) is 78.4 Å². The lowest BCUT2D eigenvalue weighted by Crippen LogP contribution is -2.12. The van der Waals surface area contributed by atoms with E-state index in [-0.39, 0.29) is 12.5 Å². The van der Waals surface area contributed by atoms with Crippen LogP contribution in [0.5, 0.6) is 5.75 Å². The van der Waals surface area contributed by atoms with Gasteiger partial charge in [-0.2, -0.15) is 0 Å². The average Bonchev–Trinajstić information content (AvgIpc) is 3.31. The molecule has 2 aromatic heterocycles. The van der Waals surface area contributed by atoms with Gasteiger partial charge in [0.2, 0.25) is 0 Å². The van der Waals surface area contributed by atoms with E-state index in [1.54, 1.807) is 31.5 Å². The third-order valence-electron chi connectivity index (χ3n) is 4.41. The van der Waals surface area contributed by atoms with Crippen LogP contribution in [0.4, 0.5) is 10.5 Å². The predicted molar refractivity (Wildman–Crippen MR) is 123 cm³/mol. The van der Waals surface area contributed by atoms with Crippen molar-refractivity contribution in [1.82, 2.24) is 9.97 Å². The fourth-order valence-electron chi connectivity index (χ4n) is 2.91. The standard InChI is InChI=1S/C24H19N3O4S/c1-2-30-24(29)31-20-10-8-16(9-11-20)22(28)26-19-7-3-5-17(13-19)21-15-32-23(27-21)18-6-4-12-25-14-18/h3-15H,2H2,1H3,(H,26,28). The summed E-state index contributed by atoms with van der Waals surface area (Å²) in [6, 6.07) is 17.6. The number of amides is 1. The second kappa shape index (κ2) is 9.84. The van der Waals surface area contributed by atoms with Crippen molar-refractivity contribution in [3.63, 3.8) is 0 Å². The molecule has 0 saturated heterocycles. The zero-order valence-corrected chi connectivity index (χ0v) is 18.0. The first kappa shape index (κ1) is 21.2. The lowest BCUT2D eigenvalue weighted by atomic mass is 10.1. The van der Waals surface area contributed by atoms with Gasteiger partial charge in [-0.25, -0.2) is 9.78 Å². The number of carbonyl (C=O) groups is 2. The molecule has 0 radical (unpaired) electrons. The van der Waals surface area contributed by atoms with Crippen molar-refractivity contribution >= 4 is 29.1 Å². The molecule has 0 aliphatic rings. The minimum Gasteiger partial charge on any atom is -0.434 e. The number of pyridine rings is 1. The third kappa shape index (κ3) is 5.16. The number of hydrogen-bond acceptors (Lipinski definition) is 7. The van der Waals surface area contributed by atoms with E-state index in [2.05, 4.69) is 15.3 Å². The summed E-state index contributed by atoms with van der Waals surface area (Å²) < 4.78 is 9.73. The molecule has 1 amide bonds. The maximum atomic E-state index is 12.6. The van der Waals surface area contributed by atoms with Crippen LogP contribution in [-0.4, -0.2) is 28.6 Å². The molecule has 7 nitrogen and oxygen atoms in total. The number of thiazole rings is 1. The Bertz CT molecular complexity index is 1220. The fourth-order valence-corrected chi connectivity index (χ4v) is 3.73. The lowest BCUT2D eigenvalue weighted by Gasteiger charge is -2.08. The number of anilines is 1. The van der Waals surface area contributed by atoms with E-state index < -0.39 is 6.16 Å². The zero-order chi connectivity index (χ0) is 22.3. The monoisotopic (exact) mass is 445 g/mol. The molecule has 4 rings (SSSR count). The highest BCUT2D eigenvalue weighted by Crippen LogP contribution is 2.29. The lowest BCUT2D eigenvalue weighted by molar-refractivity contribution is 0.102. The molecule has 2 heterocycles. The van der Waals surface area contributed by atoms with Gasteiger partial charge in [0, 0.05) is 40.2 Å². The normalized spacial score (nSPS) is 10.4. The second-order valence-electron chi connectivity index (χ2n) is 6.62. The molecule has 0 unspecified atom stereocenters. The van der Waals surface area contributed by atoms with Gasteiger partial charge in [-0.1, -0.05) is 12.1 Å². The minimum atomic E-state index is -0.782. The topological polar surface area (TPSA) is 90.4 Å². The van der Waals surface area contributed by atoms with Crippen molar-refractivity contribution in [2.75, 3.05) is 11.9 Å². The molecule has 0 fully saturated rings. The molecule has 32 heavy (non-hydrogen) atoms. The van der Waals surface area contributed by atoms with Gasteiger partial charge in [0.1, 0.15) is 10.8 Å². The molecule has 0 atom stereocenters. The van der Waals surface area contributed by atoms with Crippen LogP contribution in [-0.2, 0) is 4.74 Å². The summed E-state index contributed by atoms with van der Waals surface area (Å²) in [6.45, 7) is 1.92. The Morgan fingerprint density at radius 3 is 2.59 bits per heavy atom. The summed E-state index contributed by atoms with van der Waals surface area (Å²) in [4.78, 5) is 32.8. The molecular weight excluding hydrogens is 426 g/mol. The van der Waals surface area contributed by atoms with Gasteiger partial charge in [-0.05, 0) is 55.5 Å². The van der Waals surface area contributed by atoms with Crippen LogP contribution in [0, 0.1) is 0 Å². The molecule has 0 spiro atoms. The van der Waals surface area contributed by atoms with Gasteiger partial charge in [-0.15, -0.1) is 11.3 Å². The first-order chi connectivity index (χ1) is 15.6. The number of ether oxygens (including phenoxy) is 2. The van der Waals surface area contributed by atoms with E-state index in [1.807, 2.05) is 41.8 Å². The maximum absolute atomic E-state index is 12.6. The van der Waals surface area contributed by atoms with E-state index >= 15 is 0 Å². The molecule has 1 N–H and O–H groups in total. The van der Waals surface area contributed by atoms with Crippen LogP contribution in [0.1, 0.15) is 17.3 Å². The van der Waals surface area contributed by atoms with Crippen LogP contribution in [0.2, 0.25) is 0 Å². The Morgan fingerprint density at radius 2 is 1.84 bits per heavy atom. The van der Waals surface area contributed by atoms with Crippen LogP contribution >= 0.6 is 11.3 Å². The van der Waals surface area contributed by atoms with Crippen LogP contribution in [0.3, 0.4) is 0 Å². The summed E-state index contributed by atoms with van der Waals surface area (Å²) in [5.41, 5.74) is 3.76. The molecule has 0 bridgehead atoms. The molecule has 0 saturated carbocycles. The molecule has 4 aromatic rings. The fraction of sp³-hybridized carbons (Fsp3) is 0.0833. The molecule has 8 heteroatoms. The first-order valence-corrected chi connectivity index (χ1v) is 10.7. The SMILES string of the molecule is CCOC(=O)Oc1ccc(C(=O)Nc2cccc(-c3csc(-c4cccnc4)n3)c2)cc1. The van der Waals surface area contributed by atoms with Gasteiger partial charge in [0.05, 0.1) is 12.3 Å². The average molecular weight is 446 g/mol. The molecule has 0 aliphatic carbocycles. The van der Waals surface area contributed by atoms with Gasteiger partial charge in [0.15, 0.2) is 0 Å². The van der Waals surface area contributed by atoms with Crippen molar-refractivity contribution < 1.29 is 19.1 Å². The Hall–Kier alpha value is -4.04. The van der Waals surface area contributed by atoms with E-state index in [0.29, 0.717) is 17.0 Å². The number of carbonyl (C=O) groups excluding carboxylic acids is 2. The number of nitrogens with zero attached hydrogens (tertiary/aromatic N) is 2. The van der Waals surface area contributed by atoms with Gasteiger partial charge < -0.3 is 14.8 Å².